The topological polar surface area (TPSA) is 119 Å². The molecule has 1 amide bonds. The van der Waals surface area contributed by atoms with Crippen LogP contribution in [-0.2, 0) is 17.9 Å². The Morgan fingerprint density at radius 1 is 1.25 bits per heavy atom. The van der Waals surface area contributed by atoms with E-state index in [1.807, 2.05) is 17.0 Å². The van der Waals surface area contributed by atoms with Gasteiger partial charge in [0.1, 0.15) is 13.2 Å². The van der Waals surface area contributed by atoms with Gasteiger partial charge in [0, 0.05) is 24.3 Å². The van der Waals surface area contributed by atoms with Gasteiger partial charge in [0.25, 0.3) is 11.1 Å². The molecule has 166 valence electrons. The zero-order valence-electron chi connectivity index (χ0n) is 16.9. The third-order valence-corrected chi connectivity index (χ3v) is 5.67. The second kappa shape index (κ2) is 10.4. The molecule has 3 heterocycles. The third-order valence-electron chi connectivity index (χ3n) is 4.66. The van der Waals surface area contributed by atoms with E-state index in [9.17, 15) is 9.70 Å². The zero-order chi connectivity index (χ0) is 22.3. The summed E-state index contributed by atoms with van der Waals surface area (Å²) in [5.41, 5.74) is 2.46. The maximum absolute atomic E-state index is 13.0. The number of hydrogen-bond donors (Lipinski definition) is 1. The maximum atomic E-state index is 13.0. The molecule has 1 aliphatic heterocycles. The molecule has 0 aliphatic carbocycles. The Morgan fingerprint density at radius 2 is 2.03 bits per heavy atom. The van der Waals surface area contributed by atoms with Crippen LogP contribution in [0.15, 0.2) is 41.7 Å². The van der Waals surface area contributed by atoms with E-state index >= 15 is 0 Å². The number of rotatable bonds is 8. The Bertz CT molecular complexity index is 1090. The number of nitrogens with one attached hydrogen (secondary N) is 1. The van der Waals surface area contributed by atoms with Crippen LogP contribution < -0.4 is 15.0 Å². The Labute approximate surface area is 192 Å². The fourth-order valence-electron chi connectivity index (χ4n) is 3.09. The molecule has 0 atom stereocenters. The number of benzene rings is 1. The van der Waals surface area contributed by atoms with Crippen LogP contribution in [0.1, 0.15) is 21.6 Å². The predicted molar refractivity (Wildman–Crippen MR) is 120 cm³/mol. The average molecular weight is 475 g/mol. The summed E-state index contributed by atoms with van der Waals surface area (Å²) in [6.45, 7) is 2.59. The number of morpholine rings is 1. The summed E-state index contributed by atoms with van der Waals surface area (Å²) in [5.74, 6) is -0.384. The van der Waals surface area contributed by atoms with Gasteiger partial charge >= 0.3 is 0 Å². The number of hydrogen-bond acceptors (Lipinski definition) is 10. The first-order valence-electron chi connectivity index (χ1n) is 9.75. The Hall–Kier alpha value is -3.15. The highest BCUT2D eigenvalue weighted by Gasteiger charge is 2.21. The van der Waals surface area contributed by atoms with Crippen molar-refractivity contribution in [3.05, 3.63) is 63.3 Å². The number of carbonyl (C=O) groups excluding carboxylic acids is 1. The van der Waals surface area contributed by atoms with Crippen molar-refractivity contribution >= 4 is 39.7 Å². The minimum absolute atomic E-state index is 0.0655. The van der Waals surface area contributed by atoms with Crippen LogP contribution in [0.25, 0.3) is 0 Å². The van der Waals surface area contributed by atoms with E-state index in [1.54, 1.807) is 18.2 Å². The van der Waals surface area contributed by atoms with E-state index in [4.69, 9.17) is 21.1 Å². The first-order valence-corrected chi connectivity index (χ1v) is 10.9. The van der Waals surface area contributed by atoms with E-state index in [-0.39, 0.29) is 12.5 Å². The lowest BCUT2D eigenvalue weighted by atomic mass is 10.1. The van der Waals surface area contributed by atoms with E-state index in [0.29, 0.717) is 65.2 Å². The Balaban J connectivity index is 1.45. The zero-order valence-corrected chi connectivity index (χ0v) is 18.4. The van der Waals surface area contributed by atoms with Gasteiger partial charge in [-0.05, 0) is 35.1 Å². The SMILES string of the molecule is O=NCc1cc(N2CCOCC2)c(C(=O)Nc2nnc(OCc3ccc(Cl)cc3)s2)cn1. The highest BCUT2D eigenvalue weighted by Crippen LogP contribution is 2.27. The summed E-state index contributed by atoms with van der Waals surface area (Å²) < 4.78 is 11.0. The molecule has 0 unspecified atom stereocenters. The van der Waals surface area contributed by atoms with Crippen molar-refractivity contribution in [2.45, 2.75) is 13.2 Å². The minimum Gasteiger partial charge on any atom is -0.464 e. The molecule has 0 bridgehead atoms. The number of nitrogens with zero attached hydrogens (tertiary/aromatic N) is 5. The van der Waals surface area contributed by atoms with Crippen LogP contribution in [0.3, 0.4) is 0 Å². The quantitative estimate of drug-likeness (QED) is 0.492. The summed E-state index contributed by atoms with van der Waals surface area (Å²) >= 11 is 7.00. The monoisotopic (exact) mass is 474 g/mol. The number of pyridine rings is 1. The van der Waals surface area contributed by atoms with Gasteiger partial charge < -0.3 is 14.4 Å². The van der Waals surface area contributed by atoms with Crippen LogP contribution >= 0.6 is 22.9 Å². The van der Waals surface area contributed by atoms with Gasteiger partial charge in [-0.25, -0.2) is 0 Å². The van der Waals surface area contributed by atoms with Gasteiger partial charge in [0.2, 0.25) is 5.13 Å². The maximum Gasteiger partial charge on any atom is 0.296 e. The molecular weight excluding hydrogens is 456 g/mol. The van der Waals surface area contributed by atoms with Gasteiger partial charge in [-0.3, -0.25) is 15.1 Å². The van der Waals surface area contributed by atoms with E-state index in [2.05, 4.69) is 25.7 Å². The number of amides is 1. The summed E-state index contributed by atoms with van der Waals surface area (Å²) in [7, 11) is 0. The second-order valence-electron chi connectivity index (χ2n) is 6.82. The van der Waals surface area contributed by atoms with E-state index in [0.717, 1.165) is 16.9 Å². The molecule has 2 aromatic heterocycles. The number of nitroso groups, excluding NO2 is 1. The van der Waals surface area contributed by atoms with Gasteiger partial charge in [-0.1, -0.05) is 34.0 Å². The van der Waals surface area contributed by atoms with Crippen molar-refractivity contribution in [3.8, 4) is 5.19 Å². The lowest BCUT2D eigenvalue weighted by Crippen LogP contribution is -2.37. The largest absolute Gasteiger partial charge is 0.464 e. The van der Waals surface area contributed by atoms with E-state index < -0.39 is 0 Å². The molecule has 0 radical (unpaired) electrons. The van der Waals surface area contributed by atoms with Crippen molar-refractivity contribution < 1.29 is 14.3 Å². The van der Waals surface area contributed by atoms with E-state index in [1.165, 1.54) is 6.20 Å². The molecule has 1 N–H and O–H groups in total. The van der Waals surface area contributed by atoms with Crippen LogP contribution in [0.5, 0.6) is 5.19 Å². The molecule has 1 fully saturated rings. The normalized spacial score (nSPS) is 13.6. The van der Waals surface area contributed by atoms with Gasteiger partial charge in [-0.15, -0.1) is 5.10 Å². The molecule has 1 aliphatic rings. The highest BCUT2D eigenvalue weighted by molar-refractivity contribution is 7.17. The standard InChI is InChI=1S/C20H19ClN6O4S/c21-14-3-1-13(2-4-14)12-31-20-26-25-19(32-20)24-18(28)16-11-22-15(10-23-29)9-17(16)27-5-7-30-8-6-27/h1-4,9,11H,5-8,10,12H2,(H,24,25,28). The number of carbonyl (C=O) groups is 1. The number of anilines is 2. The Kier molecular flexibility index (Phi) is 7.20. The molecule has 12 heteroatoms. The summed E-state index contributed by atoms with van der Waals surface area (Å²) in [6.07, 6.45) is 1.44. The third kappa shape index (κ3) is 5.55. The fourth-order valence-corrected chi connectivity index (χ4v) is 3.80. The van der Waals surface area contributed by atoms with Crippen molar-refractivity contribution in [1.82, 2.24) is 15.2 Å². The van der Waals surface area contributed by atoms with Crippen LogP contribution in [0.4, 0.5) is 10.8 Å². The first-order chi connectivity index (χ1) is 15.6. The fraction of sp³-hybridized carbons (Fsp3) is 0.300. The summed E-state index contributed by atoms with van der Waals surface area (Å²) in [5, 5.41) is 14.8. The number of aromatic nitrogens is 3. The molecule has 0 spiro atoms. The molecule has 32 heavy (non-hydrogen) atoms. The molecule has 10 nitrogen and oxygen atoms in total. The molecule has 1 aromatic carbocycles. The summed E-state index contributed by atoms with van der Waals surface area (Å²) in [4.78, 5) is 29.8. The molecule has 0 saturated carbocycles. The second-order valence-corrected chi connectivity index (χ2v) is 8.20. The lowest BCUT2D eigenvalue weighted by molar-refractivity contribution is 0.102. The van der Waals surface area contributed by atoms with Crippen LogP contribution in [0.2, 0.25) is 5.02 Å². The van der Waals surface area contributed by atoms with Crippen LogP contribution in [0, 0.1) is 4.91 Å². The first kappa shape index (κ1) is 22.1. The van der Waals surface area contributed by atoms with Crippen molar-refractivity contribution in [2.24, 2.45) is 5.18 Å². The predicted octanol–water partition coefficient (Wildman–Crippen LogP) is 3.52. The van der Waals surface area contributed by atoms with Crippen LogP contribution in [-0.4, -0.2) is 47.4 Å². The van der Waals surface area contributed by atoms with Gasteiger partial charge in [0.15, 0.2) is 0 Å². The number of ether oxygens (including phenoxy) is 2. The Morgan fingerprint density at radius 3 is 2.78 bits per heavy atom. The van der Waals surface area contributed by atoms with Gasteiger partial charge in [0.05, 0.1) is 30.2 Å². The molecule has 4 rings (SSSR count). The van der Waals surface area contributed by atoms with Crippen molar-refractivity contribution in [3.63, 3.8) is 0 Å². The molecule has 3 aromatic rings. The average Bonchev–Trinajstić information content (AvgIpc) is 3.26. The smallest absolute Gasteiger partial charge is 0.296 e. The molecule has 1 saturated heterocycles. The molecular formula is C20H19ClN6O4S. The minimum atomic E-state index is -0.384. The van der Waals surface area contributed by atoms with Crippen molar-refractivity contribution in [2.75, 3.05) is 36.5 Å². The highest BCUT2D eigenvalue weighted by atomic mass is 35.5. The van der Waals surface area contributed by atoms with Gasteiger partial charge in [-0.2, -0.15) is 4.91 Å². The van der Waals surface area contributed by atoms with Crippen molar-refractivity contribution in [1.29, 1.82) is 0 Å². The number of halogens is 1. The lowest BCUT2D eigenvalue weighted by Gasteiger charge is -2.30. The summed E-state index contributed by atoms with van der Waals surface area (Å²) in [6, 6.07) is 8.99.